The van der Waals surface area contributed by atoms with E-state index < -0.39 is 6.04 Å². The molecule has 2 amide bonds. The van der Waals surface area contributed by atoms with E-state index in [0.717, 1.165) is 30.8 Å². The zero-order chi connectivity index (χ0) is 23.0. The van der Waals surface area contributed by atoms with Gasteiger partial charge in [-0.2, -0.15) is 0 Å². The van der Waals surface area contributed by atoms with Gasteiger partial charge in [-0.25, -0.2) is 0 Å². The van der Waals surface area contributed by atoms with Crippen LogP contribution < -0.4 is 15.4 Å². The first-order valence-electron chi connectivity index (χ1n) is 11.7. The van der Waals surface area contributed by atoms with Crippen LogP contribution in [-0.4, -0.2) is 53.6 Å². The van der Waals surface area contributed by atoms with Gasteiger partial charge in [0, 0.05) is 44.4 Å². The zero-order valence-electron chi connectivity index (χ0n) is 19.1. The summed E-state index contributed by atoms with van der Waals surface area (Å²) in [6, 6.07) is 17.8. The molecule has 3 aromatic rings. The van der Waals surface area contributed by atoms with Crippen molar-refractivity contribution < 1.29 is 14.3 Å². The third-order valence-corrected chi connectivity index (χ3v) is 6.02. The number of piperazine rings is 1. The average Bonchev–Trinajstić information content (AvgIpc) is 3.24. The summed E-state index contributed by atoms with van der Waals surface area (Å²) in [6.07, 6.45) is 3.07. The van der Waals surface area contributed by atoms with Gasteiger partial charge in [0.2, 0.25) is 11.8 Å². The molecule has 2 N–H and O–H groups in total. The minimum atomic E-state index is -0.460. The largest absolute Gasteiger partial charge is 0.494 e. The van der Waals surface area contributed by atoms with Crippen molar-refractivity contribution in [3.63, 3.8) is 0 Å². The smallest absolute Gasteiger partial charge is 0.237 e. The summed E-state index contributed by atoms with van der Waals surface area (Å²) in [5, 5.41) is 7.11. The summed E-state index contributed by atoms with van der Waals surface area (Å²) in [5.41, 5.74) is 2.30. The van der Waals surface area contributed by atoms with Gasteiger partial charge in [0.05, 0.1) is 19.1 Å². The summed E-state index contributed by atoms with van der Waals surface area (Å²) in [5.74, 6) is 0.661. The molecule has 0 unspecified atom stereocenters. The maximum atomic E-state index is 12.6. The SMILES string of the molecule is CCOc1ccc(CN2CCNC(=O)[C@@H]2CC(=O)NCCCn2ccc3ccccc32)cc1. The van der Waals surface area contributed by atoms with Crippen LogP contribution in [0.15, 0.2) is 60.8 Å². The number of aromatic nitrogens is 1. The van der Waals surface area contributed by atoms with Crippen LogP contribution in [0.25, 0.3) is 10.9 Å². The Kier molecular flexibility index (Phi) is 7.62. The highest BCUT2D eigenvalue weighted by atomic mass is 16.5. The number of benzene rings is 2. The number of aryl methyl sites for hydroxylation is 1. The van der Waals surface area contributed by atoms with Gasteiger partial charge in [-0.15, -0.1) is 0 Å². The Hall–Kier alpha value is -3.32. The third kappa shape index (κ3) is 5.93. The number of fused-ring (bicyclic) bond motifs is 1. The van der Waals surface area contributed by atoms with E-state index in [0.29, 0.717) is 26.2 Å². The van der Waals surface area contributed by atoms with Crippen molar-refractivity contribution in [2.75, 3.05) is 26.2 Å². The predicted octanol–water partition coefficient (Wildman–Crippen LogP) is 2.94. The van der Waals surface area contributed by atoms with E-state index in [1.807, 2.05) is 43.3 Å². The van der Waals surface area contributed by atoms with Gasteiger partial charge < -0.3 is 19.9 Å². The van der Waals surface area contributed by atoms with Gasteiger partial charge in [-0.1, -0.05) is 30.3 Å². The molecule has 1 fully saturated rings. The Labute approximate surface area is 194 Å². The van der Waals surface area contributed by atoms with Crippen LogP contribution in [0, 0.1) is 0 Å². The molecule has 0 saturated carbocycles. The highest BCUT2D eigenvalue weighted by Gasteiger charge is 2.31. The molecule has 0 bridgehead atoms. The lowest BCUT2D eigenvalue weighted by atomic mass is 10.1. The number of nitrogens with zero attached hydrogens (tertiary/aromatic N) is 2. The summed E-state index contributed by atoms with van der Waals surface area (Å²) >= 11 is 0. The van der Waals surface area contributed by atoms with E-state index in [1.54, 1.807) is 0 Å². The van der Waals surface area contributed by atoms with Gasteiger partial charge >= 0.3 is 0 Å². The lowest BCUT2D eigenvalue weighted by Gasteiger charge is -2.34. The molecule has 0 spiro atoms. The fourth-order valence-electron chi connectivity index (χ4n) is 4.33. The molecule has 1 aromatic heterocycles. The first-order valence-corrected chi connectivity index (χ1v) is 11.7. The molecule has 2 heterocycles. The van der Waals surface area contributed by atoms with Gasteiger partial charge in [0.25, 0.3) is 0 Å². The predicted molar refractivity (Wildman–Crippen MR) is 129 cm³/mol. The van der Waals surface area contributed by atoms with E-state index in [4.69, 9.17) is 4.74 Å². The number of ether oxygens (including phenoxy) is 1. The molecule has 174 valence electrons. The van der Waals surface area contributed by atoms with Crippen LogP contribution in [0.1, 0.15) is 25.3 Å². The number of carbonyl (C=O) groups excluding carboxylic acids is 2. The zero-order valence-corrected chi connectivity index (χ0v) is 19.1. The molecule has 4 rings (SSSR count). The van der Waals surface area contributed by atoms with Crippen LogP contribution in [0.2, 0.25) is 0 Å². The van der Waals surface area contributed by atoms with Crippen LogP contribution >= 0.6 is 0 Å². The highest BCUT2D eigenvalue weighted by Crippen LogP contribution is 2.18. The van der Waals surface area contributed by atoms with E-state index >= 15 is 0 Å². The Bertz CT molecular complexity index is 1080. The van der Waals surface area contributed by atoms with E-state index in [1.165, 1.54) is 10.9 Å². The lowest BCUT2D eigenvalue weighted by Crippen LogP contribution is -2.56. The molecule has 0 radical (unpaired) electrons. The van der Waals surface area contributed by atoms with Crippen molar-refractivity contribution in [3.8, 4) is 5.75 Å². The second kappa shape index (κ2) is 11.0. The molecule has 7 heteroatoms. The van der Waals surface area contributed by atoms with E-state index in [9.17, 15) is 9.59 Å². The average molecular weight is 449 g/mol. The molecular formula is C26H32N4O3. The number of carbonyl (C=O) groups is 2. The quantitative estimate of drug-likeness (QED) is 0.468. The van der Waals surface area contributed by atoms with Crippen molar-refractivity contribution in [1.29, 1.82) is 0 Å². The number of hydrogen-bond acceptors (Lipinski definition) is 4. The van der Waals surface area contributed by atoms with Crippen molar-refractivity contribution in [2.45, 2.75) is 38.9 Å². The Morgan fingerprint density at radius 2 is 1.97 bits per heavy atom. The molecule has 1 atom stereocenters. The molecular weight excluding hydrogens is 416 g/mol. The number of nitrogens with one attached hydrogen (secondary N) is 2. The number of hydrogen-bond donors (Lipinski definition) is 2. The second-order valence-corrected chi connectivity index (χ2v) is 8.33. The fraction of sp³-hybridized carbons (Fsp3) is 0.385. The van der Waals surface area contributed by atoms with Gasteiger partial charge in [0.15, 0.2) is 0 Å². The van der Waals surface area contributed by atoms with E-state index in [-0.39, 0.29) is 18.2 Å². The summed E-state index contributed by atoms with van der Waals surface area (Å²) in [6.45, 7) is 5.94. The highest BCUT2D eigenvalue weighted by molar-refractivity contribution is 5.88. The van der Waals surface area contributed by atoms with E-state index in [2.05, 4.69) is 44.5 Å². The minimum absolute atomic E-state index is 0.0823. The standard InChI is InChI=1S/C26H32N4O3/c1-2-33-22-10-8-20(9-11-22)19-30-17-14-28-26(32)24(30)18-25(31)27-13-5-15-29-16-12-21-6-3-4-7-23(21)29/h3-4,6-12,16,24H,2,5,13-15,17-19H2,1H3,(H,27,31)(H,28,32)/t24-/m0/s1. The van der Waals surface area contributed by atoms with Gasteiger partial charge in [-0.3, -0.25) is 14.5 Å². The number of para-hydroxylation sites is 1. The molecule has 7 nitrogen and oxygen atoms in total. The van der Waals surface area contributed by atoms with Crippen LogP contribution in [0.4, 0.5) is 0 Å². The molecule has 2 aromatic carbocycles. The maximum absolute atomic E-state index is 12.6. The van der Waals surface area contributed by atoms with Crippen LogP contribution in [-0.2, 0) is 22.7 Å². The molecule has 1 aliphatic heterocycles. The topological polar surface area (TPSA) is 75.6 Å². The van der Waals surface area contributed by atoms with Crippen molar-refractivity contribution in [1.82, 2.24) is 20.1 Å². The Balaban J connectivity index is 1.27. The van der Waals surface area contributed by atoms with Gasteiger partial charge in [-0.05, 0) is 48.6 Å². The number of amides is 2. The van der Waals surface area contributed by atoms with Gasteiger partial charge in [0.1, 0.15) is 5.75 Å². The summed E-state index contributed by atoms with van der Waals surface area (Å²) in [4.78, 5) is 27.2. The normalized spacial score (nSPS) is 16.5. The van der Waals surface area contributed by atoms with Crippen LogP contribution in [0.5, 0.6) is 5.75 Å². The molecule has 1 aliphatic rings. The first kappa shape index (κ1) is 22.9. The maximum Gasteiger partial charge on any atom is 0.237 e. The minimum Gasteiger partial charge on any atom is -0.494 e. The first-order chi connectivity index (χ1) is 16.1. The van der Waals surface area contributed by atoms with Crippen molar-refractivity contribution >= 4 is 22.7 Å². The fourth-order valence-corrected chi connectivity index (χ4v) is 4.33. The Morgan fingerprint density at radius 1 is 1.15 bits per heavy atom. The summed E-state index contributed by atoms with van der Waals surface area (Å²) < 4.78 is 7.70. The van der Waals surface area contributed by atoms with Crippen molar-refractivity contribution in [3.05, 3.63) is 66.4 Å². The molecule has 33 heavy (non-hydrogen) atoms. The lowest BCUT2D eigenvalue weighted by molar-refractivity contribution is -0.134. The van der Waals surface area contributed by atoms with Crippen molar-refractivity contribution in [2.24, 2.45) is 0 Å². The Morgan fingerprint density at radius 3 is 2.79 bits per heavy atom. The second-order valence-electron chi connectivity index (χ2n) is 8.33. The third-order valence-electron chi connectivity index (χ3n) is 6.02. The summed E-state index contributed by atoms with van der Waals surface area (Å²) in [7, 11) is 0. The number of rotatable bonds is 10. The van der Waals surface area contributed by atoms with Crippen LogP contribution in [0.3, 0.4) is 0 Å². The molecule has 1 saturated heterocycles. The molecule has 0 aliphatic carbocycles. The monoisotopic (exact) mass is 448 g/mol.